The van der Waals surface area contributed by atoms with Crippen molar-refractivity contribution in [2.75, 3.05) is 19.6 Å². The Hall–Kier alpha value is -2.10. The molecule has 0 spiro atoms. The number of alkyl carbamates (subject to hydrolysis) is 1. The molecule has 3 saturated heterocycles. The Bertz CT molecular complexity index is 1020. The summed E-state index contributed by atoms with van der Waals surface area (Å²) in [4.78, 5) is 28.5. The lowest BCUT2D eigenvalue weighted by Crippen LogP contribution is -2.65. The molecule has 8 nitrogen and oxygen atoms in total. The molecule has 7 rings (SSSR count). The van der Waals surface area contributed by atoms with Gasteiger partial charge in [-0.15, -0.1) is 0 Å². The Morgan fingerprint density at radius 3 is 2.78 bits per heavy atom. The first kappa shape index (κ1) is 25.2. The summed E-state index contributed by atoms with van der Waals surface area (Å²) in [5.74, 6) is 0.839. The summed E-state index contributed by atoms with van der Waals surface area (Å²) in [6.07, 6.45) is 4.39. The predicted octanol–water partition coefficient (Wildman–Crippen LogP) is 3.15. The fourth-order valence-electron chi connectivity index (χ4n) is 7.83. The second-order valence-corrected chi connectivity index (χ2v) is 12.5. The lowest BCUT2D eigenvalue weighted by atomic mass is 9.43. The molecule has 3 heterocycles. The van der Waals surface area contributed by atoms with E-state index in [9.17, 15) is 9.59 Å². The summed E-state index contributed by atoms with van der Waals surface area (Å²) in [5.41, 5.74) is 0.942. The number of ether oxygens (including phenoxy) is 1. The average Bonchev–Trinajstić information content (AvgIpc) is 3.52. The molecule has 1 aromatic carbocycles. The molecule has 6 aliphatic rings. The van der Waals surface area contributed by atoms with Gasteiger partial charge < -0.3 is 29.6 Å². The van der Waals surface area contributed by atoms with Crippen molar-refractivity contribution in [1.82, 2.24) is 15.5 Å². The van der Waals surface area contributed by atoms with Gasteiger partial charge in [-0.3, -0.25) is 4.79 Å². The lowest BCUT2D eigenvalue weighted by molar-refractivity contribution is -0.199. The number of hydrogen-bond acceptors (Lipinski definition) is 6. The second-order valence-electron chi connectivity index (χ2n) is 12.5. The van der Waals surface area contributed by atoms with Crippen LogP contribution in [0, 0.1) is 23.2 Å². The first-order chi connectivity index (χ1) is 17.8. The van der Waals surface area contributed by atoms with Crippen molar-refractivity contribution in [3.8, 4) is 0 Å². The molecule has 200 valence electrons. The van der Waals surface area contributed by atoms with Crippen LogP contribution in [-0.4, -0.2) is 67.3 Å². The highest BCUT2D eigenvalue weighted by atomic mass is 16.7. The first-order valence-electron chi connectivity index (χ1n) is 14.1. The molecule has 3 aliphatic carbocycles. The molecule has 0 aromatic heterocycles. The van der Waals surface area contributed by atoms with Gasteiger partial charge in [0.15, 0.2) is 0 Å². The summed E-state index contributed by atoms with van der Waals surface area (Å²) < 4.78 is 18.7. The SMILES string of the molecule is CC1(C)C2C[C@H]3OB([C@@H]4CCCN4C(=O)[C@@H]4CNCC[C@H]4NC(=O)OCc4ccccc4)O[C@@]3(C)[C@H]1C2. The molecule has 2 amide bonds. The van der Waals surface area contributed by atoms with E-state index < -0.39 is 6.09 Å². The van der Waals surface area contributed by atoms with E-state index in [4.69, 9.17) is 14.0 Å². The Kier molecular flexibility index (Phi) is 6.52. The van der Waals surface area contributed by atoms with Crippen LogP contribution in [-0.2, 0) is 25.4 Å². The third-order valence-corrected chi connectivity index (χ3v) is 10.2. The number of amides is 2. The van der Waals surface area contributed by atoms with E-state index in [0.717, 1.165) is 31.4 Å². The Morgan fingerprint density at radius 1 is 1.19 bits per heavy atom. The number of rotatable bonds is 5. The van der Waals surface area contributed by atoms with Gasteiger partial charge in [-0.25, -0.2) is 4.79 Å². The molecule has 2 bridgehead atoms. The number of carbonyl (C=O) groups excluding carboxylic acids is 2. The van der Waals surface area contributed by atoms with Crippen LogP contribution < -0.4 is 10.6 Å². The molecular weight excluding hydrogens is 469 g/mol. The Morgan fingerprint density at radius 2 is 2.00 bits per heavy atom. The molecule has 3 aliphatic heterocycles. The van der Waals surface area contributed by atoms with Crippen LogP contribution in [0.1, 0.15) is 58.4 Å². The molecule has 1 unspecified atom stereocenters. The van der Waals surface area contributed by atoms with Crippen molar-refractivity contribution < 1.29 is 23.6 Å². The van der Waals surface area contributed by atoms with Gasteiger partial charge in [0.05, 0.1) is 23.6 Å². The number of carbonyl (C=O) groups is 2. The highest BCUT2D eigenvalue weighted by Crippen LogP contribution is 2.66. The van der Waals surface area contributed by atoms with Crippen LogP contribution in [0.3, 0.4) is 0 Å². The van der Waals surface area contributed by atoms with Crippen LogP contribution in [0.25, 0.3) is 0 Å². The van der Waals surface area contributed by atoms with E-state index in [1.807, 2.05) is 35.2 Å². The summed E-state index contributed by atoms with van der Waals surface area (Å²) in [7, 11) is -0.379. The zero-order valence-corrected chi connectivity index (χ0v) is 22.3. The van der Waals surface area contributed by atoms with Crippen molar-refractivity contribution in [1.29, 1.82) is 0 Å². The standard InChI is InChI=1S/C28H40BN3O5/c1-27(2)19-14-22(27)28(3)23(15-19)36-29(37-28)24-10-7-13-32(24)25(33)20-16-30-12-11-21(20)31-26(34)35-17-18-8-5-4-6-9-18/h4-6,8-9,19-24,30H,7,10-17H2,1-3H3,(H,31,34)/t19?,20-,21-,22+,23-,24+,28+/m1/s1. The first-order valence-corrected chi connectivity index (χ1v) is 14.1. The third-order valence-electron chi connectivity index (χ3n) is 10.2. The zero-order chi connectivity index (χ0) is 25.8. The maximum Gasteiger partial charge on any atom is 0.481 e. The molecule has 3 saturated carbocycles. The van der Waals surface area contributed by atoms with E-state index in [0.29, 0.717) is 31.3 Å². The van der Waals surface area contributed by atoms with Crippen molar-refractivity contribution in [3.63, 3.8) is 0 Å². The summed E-state index contributed by atoms with van der Waals surface area (Å²) in [5, 5.41) is 6.33. The minimum atomic E-state index is -0.479. The number of nitrogens with one attached hydrogen (secondary N) is 2. The molecule has 2 N–H and O–H groups in total. The highest BCUT2D eigenvalue weighted by Gasteiger charge is 2.69. The monoisotopic (exact) mass is 509 g/mol. The van der Waals surface area contributed by atoms with E-state index in [1.165, 1.54) is 6.42 Å². The van der Waals surface area contributed by atoms with Crippen molar-refractivity contribution in [2.24, 2.45) is 23.2 Å². The minimum Gasteiger partial charge on any atom is -0.445 e. The number of benzene rings is 1. The van der Waals surface area contributed by atoms with Crippen LogP contribution in [0.4, 0.5) is 4.79 Å². The van der Waals surface area contributed by atoms with Gasteiger partial charge in [0.25, 0.3) is 0 Å². The van der Waals surface area contributed by atoms with Gasteiger partial charge in [0.2, 0.25) is 5.91 Å². The predicted molar refractivity (Wildman–Crippen MR) is 139 cm³/mol. The van der Waals surface area contributed by atoms with Gasteiger partial charge in [-0.05, 0) is 68.4 Å². The second kappa shape index (κ2) is 9.58. The van der Waals surface area contributed by atoms with Crippen molar-refractivity contribution >= 4 is 19.1 Å². The van der Waals surface area contributed by atoms with E-state index >= 15 is 0 Å². The minimum absolute atomic E-state index is 0.0694. The molecule has 0 radical (unpaired) electrons. The van der Waals surface area contributed by atoms with Crippen LogP contribution in [0.2, 0.25) is 0 Å². The molecular formula is C28H40BN3O5. The van der Waals surface area contributed by atoms with Gasteiger partial charge in [0, 0.05) is 19.1 Å². The van der Waals surface area contributed by atoms with Gasteiger partial charge in [-0.1, -0.05) is 44.2 Å². The number of nitrogens with zero attached hydrogens (tertiary/aromatic N) is 1. The number of likely N-dealkylation sites (tertiary alicyclic amines) is 1. The van der Waals surface area contributed by atoms with E-state index in [1.54, 1.807) is 0 Å². The van der Waals surface area contributed by atoms with Gasteiger partial charge in [0.1, 0.15) is 6.61 Å². The van der Waals surface area contributed by atoms with Crippen molar-refractivity contribution in [2.45, 2.75) is 83.2 Å². The van der Waals surface area contributed by atoms with Gasteiger partial charge >= 0.3 is 13.2 Å². The molecule has 7 atom stereocenters. The molecule has 9 heteroatoms. The van der Waals surface area contributed by atoms with Crippen LogP contribution in [0.15, 0.2) is 30.3 Å². The van der Waals surface area contributed by atoms with Gasteiger partial charge in [-0.2, -0.15) is 0 Å². The Labute approximate surface area is 220 Å². The maximum atomic E-state index is 13.9. The summed E-state index contributed by atoms with van der Waals surface area (Å²) >= 11 is 0. The van der Waals surface area contributed by atoms with Crippen LogP contribution >= 0.6 is 0 Å². The summed E-state index contributed by atoms with van der Waals surface area (Å²) in [6.45, 7) is 9.16. The number of piperidine rings is 1. The maximum absolute atomic E-state index is 13.9. The normalized spacial score (nSPS) is 38.0. The van der Waals surface area contributed by atoms with E-state index in [-0.39, 0.29) is 54.7 Å². The fourth-order valence-corrected chi connectivity index (χ4v) is 7.83. The largest absolute Gasteiger partial charge is 0.481 e. The molecule has 37 heavy (non-hydrogen) atoms. The zero-order valence-electron chi connectivity index (χ0n) is 22.3. The summed E-state index contributed by atoms with van der Waals surface area (Å²) in [6, 6.07) is 9.34. The van der Waals surface area contributed by atoms with E-state index in [2.05, 4.69) is 31.4 Å². The molecule has 6 fully saturated rings. The highest BCUT2D eigenvalue weighted by molar-refractivity contribution is 6.48. The molecule has 1 aromatic rings. The lowest BCUT2D eigenvalue weighted by Gasteiger charge is -2.64. The fraction of sp³-hybridized carbons (Fsp3) is 0.714. The third kappa shape index (κ3) is 4.37. The smallest absolute Gasteiger partial charge is 0.445 e. The topological polar surface area (TPSA) is 89.1 Å². The Balaban J connectivity index is 1.10. The van der Waals surface area contributed by atoms with Crippen LogP contribution in [0.5, 0.6) is 0 Å². The average molecular weight is 509 g/mol. The number of hydrogen-bond donors (Lipinski definition) is 2. The quantitative estimate of drug-likeness (QED) is 0.593. The van der Waals surface area contributed by atoms with Crippen molar-refractivity contribution in [3.05, 3.63) is 35.9 Å².